The molecular formula is C11H16O4. The van der Waals surface area contributed by atoms with Gasteiger partial charge in [0, 0.05) is 5.57 Å². The Labute approximate surface area is 89.6 Å². The number of hydrogen-bond acceptors (Lipinski definition) is 4. The third kappa shape index (κ3) is 5.67. The van der Waals surface area contributed by atoms with Crippen molar-refractivity contribution in [1.29, 1.82) is 0 Å². The van der Waals surface area contributed by atoms with E-state index in [1.54, 1.807) is 0 Å². The summed E-state index contributed by atoms with van der Waals surface area (Å²) in [6.07, 6.45) is 1.83. The van der Waals surface area contributed by atoms with E-state index in [0.717, 1.165) is 12.7 Å². The molecule has 0 aromatic heterocycles. The molecule has 0 aliphatic heterocycles. The van der Waals surface area contributed by atoms with Crippen LogP contribution in [0.2, 0.25) is 0 Å². The predicted molar refractivity (Wildman–Crippen MR) is 55.9 cm³/mol. The average molecular weight is 212 g/mol. The van der Waals surface area contributed by atoms with E-state index < -0.39 is 11.9 Å². The van der Waals surface area contributed by atoms with E-state index in [-0.39, 0.29) is 11.1 Å². The smallest absolute Gasteiger partial charge is 0.337 e. The average Bonchev–Trinajstić information content (AvgIpc) is 2.21. The van der Waals surface area contributed by atoms with Crippen LogP contribution in [-0.4, -0.2) is 18.5 Å². The molecule has 4 heteroatoms. The maximum absolute atomic E-state index is 11.2. The standard InChI is InChI=1S/C11H16O4/c1-5-6-14-11(13)9(4)7-15-10(12)8(2)3/h7H,2,5-6H2,1,3-4H3/b9-7+. The van der Waals surface area contributed by atoms with Gasteiger partial charge in [0.15, 0.2) is 0 Å². The lowest BCUT2D eigenvalue weighted by molar-refractivity contribution is -0.139. The maximum atomic E-state index is 11.2. The second-order valence-corrected chi connectivity index (χ2v) is 3.12. The topological polar surface area (TPSA) is 52.6 Å². The van der Waals surface area contributed by atoms with Gasteiger partial charge >= 0.3 is 11.9 Å². The van der Waals surface area contributed by atoms with Gasteiger partial charge in [-0.15, -0.1) is 0 Å². The number of carbonyl (C=O) groups excluding carboxylic acids is 2. The highest BCUT2D eigenvalue weighted by Gasteiger charge is 2.07. The molecule has 0 N–H and O–H groups in total. The fourth-order valence-corrected chi connectivity index (χ4v) is 0.599. The Morgan fingerprint density at radius 3 is 2.33 bits per heavy atom. The van der Waals surface area contributed by atoms with Crippen LogP contribution in [0.3, 0.4) is 0 Å². The lowest BCUT2D eigenvalue weighted by Crippen LogP contribution is -2.08. The predicted octanol–water partition coefficient (Wildman–Crippen LogP) is 1.96. The van der Waals surface area contributed by atoms with Gasteiger partial charge in [-0.1, -0.05) is 13.5 Å². The van der Waals surface area contributed by atoms with Crippen molar-refractivity contribution in [3.63, 3.8) is 0 Å². The molecule has 0 amide bonds. The van der Waals surface area contributed by atoms with Crippen molar-refractivity contribution in [3.8, 4) is 0 Å². The number of esters is 2. The highest BCUT2D eigenvalue weighted by molar-refractivity contribution is 5.90. The van der Waals surface area contributed by atoms with Gasteiger partial charge in [0.1, 0.15) is 6.26 Å². The molecule has 84 valence electrons. The lowest BCUT2D eigenvalue weighted by atomic mass is 10.3. The molecule has 0 radical (unpaired) electrons. The molecular weight excluding hydrogens is 196 g/mol. The zero-order valence-electron chi connectivity index (χ0n) is 9.33. The summed E-state index contributed by atoms with van der Waals surface area (Å²) < 4.78 is 9.49. The molecule has 0 spiro atoms. The van der Waals surface area contributed by atoms with Crippen LogP contribution >= 0.6 is 0 Å². The molecule has 0 atom stereocenters. The van der Waals surface area contributed by atoms with Crippen LogP contribution in [0.5, 0.6) is 0 Å². The van der Waals surface area contributed by atoms with Gasteiger partial charge in [-0.3, -0.25) is 0 Å². The van der Waals surface area contributed by atoms with Crippen LogP contribution in [0.25, 0.3) is 0 Å². The SMILES string of the molecule is C=C(C)C(=O)O/C=C(\C)C(=O)OCCC. The summed E-state index contributed by atoms with van der Waals surface area (Å²) >= 11 is 0. The van der Waals surface area contributed by atoms with E-state index in [1.807, 2.05) is 6.92 Å². The van der Waals surface area contributed by atoms with E-state index in [2.05, 4.69) is 11.3 Å². The van der Waals surface area contributed by atoms with Crippen molar-refractivity contribution in [3.05, 3.63) is 24.0 Å². The van der Waals surface area contributed by atoms with Gasteiger partial charge < -0.3 is 9.47 Å². The minimum atomic E-state index is -0.558. The van der Waals surface area contributed by atoms with Gasteiger partial charge in [-0.05, 0) is 20.3 Å². The van der Waals surface area contributed by atoms with Gasteiger partial charge in [-0.2, -0.15) is 0 Å². The van der Waals surface area contributed by atoms with E-state index >= 15 is 0 Å². The molecule has 0 unspecified atom stereocenters. The Bertz CT molecular complexity index is 289. The molecule has 0 aliphatic rings. The Hall–Kier alpha value is -1.58. The fourth-order valence-electron chi connectivity index (χ4n) is 0.599. The molecule has 15 heavy (non-hydrogen) atoms. The molecule has 0 heterocycles. The molecule has 0 bridgehead atoms. The highest BCUT2D eigenvalue weighted by Crippen LogP contribution is 2.00. The third-order valence-corrected chi connectivity index (χ3v) is 1.45. The van der Waals surface area contributed by atoms with Crippen molar-refractivity contribution >= 4 is 11.9 Å². The van der Waals surface area contributed by atoms with Gasteiger partial charge in [-0.25, -0.2) is 9.59 Å². The summed E-state index contributed by atoms with van der Waals surface area (Å²) in [5.41, 5.74) is 0.527. The second-order valence-electron chi connectivity index (χ2n) is 3.12. The summed E-state index contributed by atoms with van der Waals surface area (Å²) in [7, 11) is 0. The summed E-state index contributed by atoms with van der Waals surface area (Å²) in [4.78, 5) is 22.1. The first kappa shape index (κ1) is 13.4. The van der Waals surface area contributed by atoms with E-state index in [1.165, 1.54) is 13.8 Å². The number of carbonyl (C=O) groups is 2. The second kappa shape index (κ2) is 6.81. The molecule has 0 aliphatic carbocycles. The minimum absolute atomic E-state index is 0.248. The van der Waals surface area contributed by atoms with Crippen LogP contribution < -0.4 is 0 Å². The molecule has 0 rings (SSSR count). The number of ether oxygens (including phenoxy) is 2. The largest absolute Gasteiger partial charge is 0.462 e. The van der Waals surface area contributed by atoms with Crippen LogP contribution in [0.1, 0.15) is 27.2 Å². The van der Waals surface area contributed by atoms with Gasteiger partial charge in [0.25, 0.3) is 0 Å². The normalized spacial score (nSPS) is 10.7. The monoisotopic (exact) mass is 212 g/mol. The fraction of sp³-hybridized carbons (Fsp3) is 0.455. The van der Waals surface area contributed by atoms with E-state index in [0.29, 0.717) is 6.61 Å². The van der Waals surface area contributed by atoms with E-state index in [9.17, 15) is 9.59 Å². The van der Waals surface area contributed by atoms with Crippen molar-refractivity contribution in [1.82, 2.24) is 0 Å². The summed E-state index contributed by atoms with van der Waals surface area (Å²) in [5.74, 6) is -1.04. The van der Waals surface area contributed by atoms with Gasteiger partial charge in [0.2, 0.25) is 0 Å². The van der Waals surface area contributed by atoms with Crippen molar-refractivity contribution < 1.29 is 19.1 Å². The maximum Gasteiger partial charge on any atom is 0.337 e. The Balaban J connectivity index is 4.13. The quantitative estimate of drug-likeness (QED) is 0.397. The molecule has 0 aromatic carbocycles. The van der Waals surface area contributed by atoms with E-state index in [4.69, 9.17) is 4.74 Å². The zero-order valence-corrected chi connectivity index (χ0v) is 9.33. The minimum Gasteiger partial charge on any atom is -0.462 e. The van der Waals surface area contributed by atoms with Crippen LogP contribution in [0.4, 0.5) is 0 Å². The van der Waals surface area contributed by atoms with Crippen molar-refractivity contribution in [2.75, 3.05) is 6.61 Å². The summed E-state index contributed by atoms with van der Waals surface area (Å²) in [5, 5.41) is 0. The van der Waals surface area contributed by atoms with Crippen LogP contribution in [0, 0.1) is 0 Å². The molecule has 4 nitrogen and oxygen atoms in total. The Morgan fingerprint density at radius 2 is 1.87 bits per heavy atom. The lowest BCUT2D eigenvalue weighted by Gasteiger charge is -2.03. The summed E-state index contributed by atoms with van der Waals surface area (Å²) in [6.45, 7) is 8.71. The van der Waals surface area contributed by atoms with Crippen molar-refractivity contribution in [2.45, 2.75) is 27.2 Å². The van der Waals surface area contributed by atoms with Crippen LogP contribution in [-0.2, 0) is 19.1 Å². The molecule has 0 aromatic rings. The first-order chi connectivity index (χ1) is 6.99. The van der Waals surface area contributed by atoms with Crippen LogP contribution in [0.15, 0.2) is 24.0 Å². The Kier molecular flexibility index (Phi) is 6.09. The molecule has 0 saturated heterocycles. The molecule has 0 fully saturated rings. The first-order valence-electron chi connectivity index (χ1n) is 4.69. The van der Waals surface area contributed by atoms with Crippen molar-refractivity contribution in [2.24, 2.45) is 0 Å². The number of rotatable bonds is 5. The highest BCUT2D eigenvalue weighted by atomic mass is 16.5. The number of hydrogen-bond donors (Lipinski definition) is 0. The summed E-state index contributed by atoms with van der Waals surface area (Å²) in [6, 6.07) is 0. The Morgan fingerprint density at radius 1 is 1.27 bits per heavy atom. The molecule has 0 saturated carbocycles. The zero-order chi connectivity index (χ0) is 11.8. The first-order valence-corrected chi connectivity index (χ1v) is 4.69. The third-order valence-electron chi connectivity index (χ3n) is 1.45. The van der Waals surface area contributed by atoms with Gasteiger partial charge in [0.05, 0.1) is 12.2 Å².